The first-order chi connectivity index (χ1) is 6.91. The van der Waals surface area contributed by atoms with Gasteiger partial charge in [-0.3, -0.25) is 4.79 Å². The summed E-state index contributed by atoms with van der Waals surface area (Å²) in [6, 6.07) is -0.718. The van der Waals surface area contributed by atoms with Gasteiger partial charge in [-0.15, -0.1) is 0 Å². The monoisotopic (exact) mass is 211 g/mol. The van der Waals surface area contributed by atoms with Gasteiger partial charge in [0.25, 0.3) is 0 Å². The van der Waals surface area contributed by atoms with Gasteiger partial charge in [0.2, 0.25) is 0 Å². The molecule has 5 nitrogen and oxygen atoms in total. The number of aryl methyl sites for hydroxylation is 1. The number of carbonyl (C=O) groups is 1. The fourth-order valence-corrected chi connectivity index (χ4v) is 1.58. The van der Waals surface area contributed by atoms with Gasteiger partial charge < -0.3 is 15.5 Å². The van der Waals surface area contributed by atoms with Crippen molar-refractivity contribution in [1.29, 1.82) is 0 Å². The Morgan fingerprint density at radius 1 is 1.67 bits per heavy atom. The van der Waals surface area contributed by atoms with Gasteiger partial charge in [-0.05, 0) is 6.92 Å². The molecule has 5 heteroatoms. The van der Waals surface area contributed by atoms with E-state index in [0.717, 1.165) is 11.4 Å². The molecule has 0 aliphatic carbocycles. The van der Waals surface area contributed by atoms with Gasteiger partial charge in [-0.1, -0.05) is 13.8 Å². The molecular weight excluding hydrogens is 194 g/mol. The molecule has 1 aromatic heterocycles. The van der Waals surface area contributed by atoms with Crippen LogP contribution in [0.5, 0.6) is 0 Å². The van der Waals surface area contributed by atoms with Crippen LogP contribution in [0.2, 0.25) is 0 Å². The minimum absolute atomic E-state index is 0.428. The van der Waals surface area contributed by atoms with E-state index in [1.807, 2.05) is 20.8 Å². The highest BCUT2D eigenvalue weighted by Crippen LogP contribution is 2.26. The van der Waals surface area contributed by atoms with Crippen molar-refractivity contribution in [2.45, 2.75) is 32.2 Å². The fourth-order valence-electron chi connectivity index (χ4n) is 1.58. The second-order valence-corrected chi connectivity index (χ2v) is 4.10. The molecule has 0 aliphatic rings. The van der Waals surface area contributed by atoms with Crippen LogP contribution in [0.4, 0.5) is 0 Å². The van der Waals surface area contributed by atoms with Crippen molar-refractivity contribution >= 4 is 5.97 Å². The molecule has 1 atom stereocenters. The number of ether oxygens (including phenoxy) is 1. The molecule has 3 N–H and O–H groups in total. The molecule has 1 unspecified atom stereocenters. The van der Waals surface area contributed by atoms with Gasteiger partial charge in [0.05, 0.1) is 19.1 Å². The Labute approximate surface area is 89.0 Å². The zero-order chi connectivity index (χ0) is 11.6. The number of nitrogens with one attached hydrogen (secondary N) is 1. The summed E-state index contributed by atoms with van der Waals surface area (Å²) >= 11 is 0. The van der Waals surface area contributed by atoms with Crippen LogP contribution in [0.15, 0.2) is 6.33 Å². The standard InChI is InChI=1S/C10H17N3O2/c1-6-8(13-5-12-6)10(2,3)7(11)9(14)15-4/h5,7H,11H2,1-4H3,(H,12,13). The number of H-pyrrole nitrogens is 1. The fraction of sp³-hybridized carbons (Fsp3) is 0.600. The number of carbonyl (C=O) groups excluding carboxylic acids is 1. The van der Waals surface area contributed by atoms with Gasteiger partial charge in [-0.25, -0.2) is 4.98 Å². The summed E-state index contributed by atoms with van der Waals surface area (Å²) in [5, 5.41) is 0. The van der Waals surface area contributed by atoms with Crippen LogP contribution in [0.1, 0.15) is 25.2 Å². The van der Waals surface area contributed by atoms with Crippen LogP contribution in [0.25, 0.3) is 0 Å². The highest BCUT2D eigenvalue weighted by atomic mass is 16.5. The second kappa shape index (κ2) is 4.02. The highest BCUT2D eigenvalue weighted by Gasteiger charge is 2.37. The molecule has 84 valence electrons. The molecule has 0 aromatic carbocycles. The van der Waals surface area contributed by atoms with Crippen molar-refractivity contribution in [2.75, 3.05) is 7.11 Å². The van der Waals surface area contributed by atoms with E-state index in [1.54, 1.807) is 6.33 Å². The molecule has 0 saturated heterocycles. The summed E-state index contributed by atoms with van der Waals surface area (Å²) in [5.41, 5.74) is 7.00. The molecule has 1 aromatic rings. The van der Waals surface area contributed by atoms with E-state index in [0.29, 0.717) is 0 Å². The van der Waals surface area contributed by atoms with E-state index in [1.165, 1.54) is 7.11 Å². The molecule has 1 heterocycles. The van der Waals surface area contributed by atoms with E-state index in [9.17, 15) is 4.79 Å². The number of methoxy groups -OCH3 is 1. The lowest BCUT2D eigenvalue weighted by Crippen LogP contribution is -2.48. The molecule has 0 saturated carbocycles. The van der Waals surface area contributed by atoms with Gasteiger partial charge in [0.1, 0.15) is 6.04 Å². The zero-order valence-electron chi connectivity index (χ0n) is 9.50. The molecular formula is C10H17N3O2. The average molecular weight is 211 g/mol. The van der Waals surface area contributed by atoms with Crippen molar-refractivity contribution in [3.63, 3.8) is 0 Å². The normalized spacial score (nSPS) is 13.7. The van der Waals surface area contributed by atoms with Crippen LogP contribution in [0, 0.1) is 6.92 Å². The number of aromatic amines is 1. The van der Waals surface area contributed by atoms with E-state index in [4.69, 9.17) is 5.73 Å². The molecule has 0 radical (unpaired) electrons. The highest BCUT2D eigenvalue weighted by molar-refractivity contribution is 5.77. The first-order valence-electron chi connectivity index (χ1n) is 4.75. The Kier molecular flexibility index (Phi) is 3.14. The minimum atomic E-state index is -0.718. The maximum atomic E-state index is 11.4. The van der Waals surface area contributed by atoms with Crippen LogP contribution in [0.3, 0.4) is 0 Å². The number of rotatable bonds is 3. The predicted molar refractivity (Wildman–Crippen MR) is 56.3 cm³/mol. The van der Waals surface area contributed by atoms with Gasteiger partial charge in [0.15, 0.2) is 0 Å². The molecule has 0 amide bonds. The largest absolute Gasteiger partial charge is 0.468 e. The minimum Gasteiger partial charge on any atom is -0.468 e. The van der Waals surface area contributed by atoms with Crippen LogP contribution in [-0.2, 0) is 14.9 Å². The number of hydrogen-bond donors (Lipinski definition) is 2. The number of nitrogens with zero attached hydrogens (tertiary/aromatic N) is 1. The molecule has 1 rings (SSSR count). The van der Waals surface area contributed by atoms with E-state index in [2.05, 4.69) is 14.7 Å². The number of nitrogens with two attached hydrogens (primary N) is 1. The number of aromatic nitrogens is 2. The Morgan fingerprint density at radius 3 is 2.67 bits per heavy atom. The van der Waals surface area contributed by atoms with Gasteiger partial charge in [0, 0.05) is 11.1 Å². The van der Waals surface area contributed by atoms with Crippen molar-refractivity contribution in [3.8, 4) is 0 Å². The van der Waals surface area contributed by atoms with Gasteiger partial charge >= 0.3 is 5.97 Å². The predicted octanol–water partition coefficient (Wildman–Crippen LogP) is 0.496. The third-order valence-electron chi connectivity index (χ3n) is 2.67. The molecule has 0 aliphatic heterocycles. The molecule has 0 spiro atoms. The summed E-state index contributed by atoms with van der Waals surface area (Å²) in [6.45, 7) is 5.64. The number of esters is 1. The van der Waals surface area contributed by atoms with E-state index < -0.39 is 17.4 Å². The SMILES string of the molecule is COC(=O)C(N)C(C)(C)c1nc[nH]c1C. The topological polar surface area (TPSA) is 81.0 Å². The van der Waals surface area contributed by atoms with Crippen LogP contribution < -0.4 is 5.73 Å². The summed E-state index contributed by atoms with van der Waals surface area (Å²) in [7, 11) is 1.33. The van der Waals surface area contributed by atoms with E-state index in [-0.39, 0.29) is 0 Å². The first-order valence-corrected chi connectivity index (χ1v) is 4.75. The quantitative estimate of drug-likeness (QED) is 0.713. The Morgan fingerprint density at radius 2 is 2.27 bits per heavy atom. The average Bonchev–Trinajstić information content (AvgIpc) is 2.62. The third-order valence-corrected chi connectivity index (χ3v) is 2.67. The smallest absolute Gasteiger partial charge is 0.323 e. The Balaban J connectivity index is 3.02. The number of hydrogen-bond acceptors (Lipinski definition) is 4. The molecule has 0 fully saturated rings. The lowest BCUT2D eigenvalue weighted by atomic mass is 9.81. The lowest BCUT2D eigenvalue weighted by Gasteiger charge is -2.28. The first kappa shape index (κ1) is 11.7. The van der Waals surface area contributed by atoms with Crippen LogP contribution in [-0.4, -0.2) is 29.1 Å². The van der Waals surface area contributed by atoms with Crippen molar-refractivity contribution in [1.82, 2.24) is 9.97 Å². The molecule has 0 bridgehead atoms. The maximum absolute atomic E-state index is 11.4. The summed E-state index contributed by atoms with van der Waals surface area (Å²) in [4.78, 5) is 18.5. The van der Waals surface area contributed by atoms with Crippen molar-refractivity contribution in [2.24, 2.45) is 5.73 Å². The van der Waals surface area contributed by atoms with Crippen LogP contribution >= 0.6 is 0 Å². The Bertz CT molecular complexity index is 357. The van der Waals surface area contributed by atoms with Gasteiger partial charge in [-0.2, -0.15) is 0 Å². The zero-order valence-corrected chi connectivity index (χ0v) is 9.50. The number of imidazole rings is 1. The summed E-state index contributed by atoms with van der Waals surface area (Å²) in [6.07, 6.45) is 1.59. The summed E-state index contributed by atoms with van der Waals surface area (Å²) < 4.78 is 4.63. The lowest BCUT2D eigenvalue weighted by molar-refractivity contribution is -0.143. The molecule has 15 heavy (non-hydrogen) atoms. The van der Waals surface area contributed by atoms with Crippen molar-refractivity contribution in [3.05, 3.63) is 17.7 Å². The Hall–Kier alpha value is -1.36. The summed E-state index contributed by atoms with van der Waals surface area (Å²) in [5.74, 6) is -0.428. The van der Waals surface area contributed by atoms with E-state index >= 15 is 0 Å². The second-order valence-electron chi connectivity index (χ2n) is 4.10. The third kappa shape index (κ3) is 2.02. The van der Waals surface area contributed by atoms with Crippen molar-refractivity contribution < 1.29 is 9.53 Å². The maximum Gasteiger partial charge on any atom is 0.323 e.